The average Bonchev–Trinajstić information content (AvgIpc) is 2.90. The molecule has 5 heteroatoms. The molecule has 1 atom stereocenters. The number of carbonyl (C=O) groups is 2. The van der Waals surface area contributed by atoms with Gasteiger partial charge in [-0.15, -0.1) is 0 Å². The minimum absolute atomic E-state index is 0.0330. The summed E-state index contributed by atoms with van der Waals surface area (Å²) in [5.41, 5.74) is 0.965. The number of esters is 1. The second kappa shape index (κ2) is 23.5. The fourth-order valence-electron chi connectivity index (χ4n) is 4.49. The Kier molecular flexibility index (Phi) is 21.0. The number of hydrogen-bond donors (Lipinski definition) is 2. The van der Waals surface area contributed by atoms with Crippen molar-refractivity contribution in [3.63, 3.8) is 0 Å². The first-order chi connectivity index (χ1) is 17.7. The van der Waals surface area contributed by atoms with Crippen LogP contribution in [0.15, 0.2) is 30.3 Å². The lowest BCUT2D eigenvalue weighted by atomic mass is 10.0. The zero-order valence-electron chi connectivity index (χ0n) is 23.3. The summed E-state index contributed by atoms with van der Waals surface area (Å²) >= 11 is 0. The van der Waals surface area contributed by atoms with E-state index >= 15 is 0 Å². The Morgan fingerprint density at radius 3 is 1.75 bits per heavy atom. The van der Waals surface area contributed by atoms with Gasteiger partial charge in [-0.2, -0.15) is 0 Å². The number of nitrogens with one attached hydrogen (secondary N) is 2. The highest BCUT2D eigenvalue weighted by atomic mass is 16.5. The van der Waals surface area contributed by atoms with Gasteiger partial charge < -0.3 is 15.4 Å². The van der Waals surface area contributed by atoms with Gasteiger partial charge >= 0.3 is 5.97 Å². The van der Waals surface area contributed by atoms with Crippen molar-refractivity contribution >= 4 is 11.9 Å². The molecule has 1 aromatic rings. The summed E-state index contributed by atoms with van der Waals surface area (Å²) in [7, 11) is 1.76. The molecule has 0 saturated carbocycles. The molecule has 0 heterocycles. The lowest BCUT2D eigenvalue weighted by Crippen LogP contribution is -2.43. The van der Waals surface area contributed by atoms with Crippen LogP contribution in [0.2, 0.25) is 0 Å². The monoisotopic (exact) mass is 502 g/mol. The van der Waals surface area contributed by atoms with Gasteiger partial charge in [0, 0.05) is 13.0 Å². The number of carbonyl (C=O) groups excluding carboxylic acids is 2. The molecule has 1 aromatic carbocycles. The van der Waals surface area contributed by atoms with Gasteiger partial charge in [-0.3, -0.25) is 9.59 Å². The molecule has 1 unspecified atom stereocenters. The summed E-state index contributed by atoms with van der Waals surface area (Å²) in [4.78, 5) is 24.4. The highest BCUT2D eigenvalue weighted by Gasteiger charge is 2.17. The first-order valence-corrected chi connectivity index (χ1v) is 14.8. The molecule has 1 amide bonds. The number of unbranched alkanes of at least 4 members (excludes halogenated alkanes) is 15. The van der Waals surface area contributed by atoms with E-state index in [0.717, 1.165) is 18.4 Å². The van der Waals surface area contributed by atoms with Gasteiger partial charge in [0.15, 0.2) is 0 Å². The number of ether oxygens (including phenoxy) is 1. The van der Waals surface area contributed by atoms with Crippen molar-refractivity contribution in [2.75, 3.05) is 13.6 Å². The maximum atomic E-state index is 12.4. The molecule has 0 saturated heterocycles. The zero-order chi connectivity index (χ0) is 26.1. The van der Waals surface area contributed by atoms with E-state index in [1.54, 1.807) is 7.05 Å². The van der Waals surface area contributed by atoms with E-state index < -0.39 is 0 Å². The average molecular weight is 503 g/mol. The van der Waals surface area contributed by atoms with Gasteiger partial charge in [0.1, 0.15) is 6.61 Å². The molecular weight excluding hydrogens is 448 g/mol. The van der Waals surface area contributed by atoms with Gasteiger partial charge in [-0.05, 0) is 25.5 Å². The molecule has 0 aliphatic heterocycles. The maximum Gasteiger partial charge on any atom is 0.306 e. The Labute approximate surface area is 221 Å². The van der Waals surface area contributed by atoms with Gasteiger partial charge in [-0.25, -0.2) is 0 Å². The van der Waals surface area contributed by atoms with Crippen LogP contribution in [0.25, 0.3) is 0 Å². The fraction of sp³-hybridized carbons (Fsp3) is 0.742. The lowest BCUT2D eigenvalue weighted by Gasteiger charge is -2.15. The molecule has 0 bridgehead atoms. The zero-order valence-corrected chi connectivity index (χ0v) is 23.3. The van der Waals surface area contributed by atoms with Gasteiger partial charge in [0.05, 0.1) is 6.04 Å². The molecule has 0 fully saturated rings. The number of benzene rings is 1. The Morgan fingerprint density at radius 1 is 0.750 bits per heavy atom. The van der Waals surface area contributed by atoms with Crippen LogP contribution in [-0.4, -0.2) is 31.5 Å². The van der Waals surface area contributed by atoms with Gasteiger partial charge in [0.2, 0.25) is 5.91 Å². The number of hydrogen-bond acceptors (Lipinski definition) is 4. The van der Waals surface area contributed by atoms with Crippen molar-refractivity contribution in [3.8, 4) is 0 Å². The molecule has 0 aliphatic rings. The van der Waals surface area contributed by atoms with Crippen LogP contribution in [0.5, 0.6) is 0 Å². The number of rotatable bonds is 24. The summed E-state index contributed by atoms with van der Waals surface area (Å²) in [6.07, 6.45) is 22.2. The predicted octanol–water partition coefficient (Wildman–Crippen LogP) is 7.48. The second-order valence-corrected chi connectivity index (χ2v) is 10.1. The Bertz CT molecular complexity index is 650. The number of likely N-dealkylation sites (N-methyl/N-ethyl adjacent to an activating group) is 1. The van der Waals surface area contributed by atoms with Crippen LogP contribution in [0, 0.1) is 0 Å². The Hall–Kier alpha value is -1.88. The second-order valence-electron chi connectivity index (χ2n) is 10.1. The standard InChI is InChI=1S/C31H54N2O3/c1-3-4-5-6-7-8-9-10-11-12-13-14-15-16-17-21-26-33-31(35)29(32-2)24-25-30(34)36-27-28-22-19-18-20-23-28/h18-20,22-23,29,32H,3-17,21,24-27H2,1-2H3,(H,33,35). The van der Waals surface area contributed by atoms with E-state index in [0.29, 0.717) is 13.0 Å². The van der Waals surface area contributed by atoms with Crippen molar-refractivity contribution < 1.29 is 14.3 Å². The molecule has 0 aromatic heterocycles. The Morgan fingerprint density at radius 2 is 1.25 bits per heavy atom. The summed E-state index contributed by atoms with van der Waals surface area (Å²) in [6.45, 7) is 3.25. The summed E-state index contributed by atoms with van der Waals surface area (Å²) in [5.74, 6) is -0.306. The molecule has 206 valence electrons. The van der Waals surface area contributed by atoms with Crippen molar-refractivity contribution in [2.24, 2.45) is 0 Å². The topological polar surface area (TPSA) is 67.4 Å². The molecule has 5 nitrogen and oxygen atoms in total. The van der Waals surface area contributed by atoms with E-state index in [1.165, 1.54) is 89.9 Å². The third kappa shape index (κ3) is 18.4. The summed E-state index contributed by atoms with van der Waals surface area (Å²) in [6, 6.07) is 9.26. The SMILES string of the molecule is CCCCCCCCCCCCCCCCCCNC(=O)C(CCC(=O)OCc1ccccc1)NC. The predicted molar refractivity (Wildman–Crippen MR) is 151 cm³/mol. The van der Waals surface area contributed by atoms with Crippen LogP contribution in [-0.2, 0) is 20.9 Å². The third-order valence-corrected chi connectivity index (χ3v) is 6.87. The van der Waals surface area contributed by atoms with E-state index in [4.69, 9.17) is 4.74 Å². The quantitative estimate of drug-likeness (QED) is 0.114. The van der Waals surface area contributed by atoms with Crippen molar-refractivity contribution in [3.05, 3.63) is 35.9 Å². The van der Waals surface area contributed by atoms with Crippen LogP contribution in [0.4, 0.5) is 0 Å². The van der Waals surface area contributed by atoms with Crippen LogP contribution in [0.1, 0.15) is 128 Å². The fourth-order valence-corrected chi connectivity index (χ4v) is 4.49. The van der Waals surface area contributed by atoms with Crippen molar-refractivity contribution in [1.29, 1.82) is 0 Å². The van der Waals surface area contributed by atoms with E-state index in [9.17, 15) is 9.59 Å². The Balaban J connectivity index is 1.91. The smallest absolute Gasteiger partial charge is 0.306 e. The van der Waals surface area contributed by atoms with Gasteiger partial charge in [-0.1, -0.05) is 134 Å². The van der Waals surface area contributed by atoms with E-state index in [1.807, 2.05) is 30.3 Å². The van der Waals surface area contributed by atoms with Crippen LogP contribution in [0.3, 0.4) is 0 Å². The highest BCUT2D eigenvalue weighted by Crippen LogP contribution is 2.13. The van der Waals surface area contributed by atoms with Crippen LogP contribution < -0.4 is 10.6 Å². The largest absolute Gasteiger partial charge is 0.461 e. The molecular formula is C31H54N2O3. The lowest BCUT2D eigenvalue weighted by molar-refractivity contribution is -0.145. The van der Waals surface area contributed by atoms with Crippen LogP contribution >= 0.6 is 0 Å². The minimum atomic E-state index is -0.365. The van der Waals surface area contributed by atoms with Crippen molar-refractivity contribution in [1.82, 2.24) is 10.6 Å². The normalized spacial score (nSPS) is 11.8. The molecule has 1 rings (SSSR count). The summed E-state index contributed by atoms with van der Waals surface area (Å²) < 4.78 is 5.30. The molecule has 36 heavy (non-hydrogen) atoms. The van der Waals surface area contributed by atoms with Crippen molar-refractivity contribution in [2.45, 2.75) is 135 Å². The molecule has 0 aliphatic carbocycles. The molecule has 0 spiro atoms. The number of amides is 1. The first-order valence-electron chi connectivity index (χ1n) is 14.8. The maximum absolute atomic E-state index is 12.4. The summed E-state index contributed by atoms with van der Waals surface area (Å²) in [5, 5.41) is 6.03. The van der Waals surface area contributed by atoms with Gasteiger partial charge in [0.25, 0.3) is 0 Å². The highest BCUT2D eigenvalue weighted by molar-refractivity contribution is 5.82. The van der Waals surface area contributed by atoms with E-state index in [2.05, 4.69) is 17.6 Å². The minimum Gasteiger partial charge on any atom is -0.461 e. The molecule has 2 N–H and O–H groups in total. The van der Waals surface area contributed by atoms with E-state index in [-0.39, 0.29) is 30.9 Å². The first kappa shape index (κ1) is 32.1. The molecule has 0 radical (unpaired) electrons. The third-order valence-electron chi connectivity index (χ3n) is 6.87.